The third kappa shape index (κ3) is 0.651. The Labute approximate surface area is 66.9 Å². The molecule has 0 amide bonds. The second-order valence-corrected chi connectivity index (χ2v) is 3.98. The summed E-state index contributed by atoms with van der Waals surface area (Å²) in [4.78, 5) is 0. The monoisotopic (exact) mass is 154 g/mol. The van der Waals surface area contributed by atoms with Crippen LogP contribution >= 0.6 is 0 Å². The van der Waals surface area contributed by atoms with Gasteiger partial charge >= 0.3 is 0 Å². The van der Waals surface area contributed by atoms with Crippen molar-refractivity contribution in [2.24, 2.45) is 5.92 Å². The molecule has 2 aliphatic heterocycles. The molecule has 3 fully saturated rings. The van der Waals surface area contributed by atoms with Crippen LogP contribution in [0.5, 0.6) is 0 Å². The highest BCUT2D eigenvalue weighted by atomic mass is 16.6. The van der Waals surface area contributed by atoms with E-state index < -0.39 is 0 Å². The van der Waals surface area contributed by atoms with E-state index >= 15 is 0 Å². The van der Waals surface area contributed by atoms with Crippen LogP contribution < -0.4 is 0 Å². The Bertz CT molecular complexity index is 158. The maximum absolute atomic E-state index is 5.86. The molecule has 0 aromatic carbocycles. The Morgan fingerprint density at radius 1 is 1.09 bits per heavy atom. The molecule has 0 radical (unpaired) electrons. The summed E-state index contributed by atoms with van der Waals surface area (Å²) in [7, 11) is 0. The van der Waals surface area contributed by atoms with E-state index in [-0.39, 0.29) is 5.60 Å². The first-order chi connectivity index (χ1) is 5.42. The van der Waals surface area contributed by atoms with E-state index in [0.29, 0.717) is 6.10 Å². The fourth-order valence-corrected chi connectivity index (χ4v) is 3.12. The van der Waals surface area contributed by atoms with Gasteiger partial charge in [0.05, 0.1) is 11.7 Å². The molecular formula is C9H14O2. The van der Waals surface area contributed by atoms with Crippen LogP contribution in [0.2, 0.25) is 0 Å². The number of hydrogen-bond acceptors (Lipinski definition) is 2. The Morgan fingerprint density at radius 2 is 2.09 bits per heavy atom. The van der Waals surface area contributed by atoms with E-state index in [9.17, 15) is 0 Å². The van der Waals surface area contributed by atoms with Gasteiger partial charge in [0.25, 0.3) is 0 Å². The largest absolute Gasteiger partial charge is 0.375 e. The Kier molecular flexibility index (Phi) is 1.16. The van der Waals surface area contributed by atoms with E-state index in [0.717, 1.165) is 25.6 Å². The van der Waals surface area contributed by atoms with Crippen LogP contribution in [-0.4, -0.2) is 24.9 Å². The second kappa shape index (κ2) is 1.99. The van der Waals surface area contributed by atoms with Gasteiger partial charge in [0.2, 0.25) is 0 Å². The van der Waals surface area contributed by atoms with Crippen molar-refractivity contribution in [2.45, 2.75) is 37.4 Å². The quantitative estimate of drug-likeness (QED) is 0.524. The van der Waals surface area contributed by atoms with Crippen molar-refractivity contribution in [1.82, 2.24) is 0 Å². The van der Waals surface area contributed by atoms with Gasteiger partial charge < -0.3 is 9.47 Å². The molecular weight excluding hydrogens is 140 g/mol. The van der Waals surface area contributed by atoms with Crippen molar-refractivity contribution < 1.29 is 9.47 Å². The van der Waals surface area contributed by atoms with Gasteiger partial charge in [-0.05, 0) is 25.2 Å². The van der Waals surface area contributed by atoms with Gasteiger partial charge in [-0.3, -0.25) is 0 Å². The third-order valence-corrected chi connectivity index (χ3v) is 3.66. The van der Waals surface area contributed by atoms with Crippen molar-refractivity contribution in [2.75, 3.05) is 13.2 Å². The number of rotatable bonds is 0. The molecule has 3 unspecified atom stereocenters. The molecule has 2 nitrogen and oxygen atoms in total. The van der Waals surface area contributed by atoms with Crippen molar-refractivity contribution in [3.63, 3.8) is 0 Å². The molecule has 62 valence electrons. The predicted molar refractivity (Wildman–Crippen MR) is 40.4 cm³/mol. The zero-order chi connectivity index (χ0) is 7.31. The molecule has 2 saturated heterocycles. The standard InChI is InChI=1S/C9H14O2/c1-2-8-9(4-6-10-8)7(1)3-5-11-9/h7-8H,1-6H2. The first-order valence-corrected chi connectivity index (χ1v) is 4.67. The summed E-state index contributed by atoms with van der Waals surface area (Å²) in [5.74, 6) is 0.829. The van der Waals surface area contributed by atoms with Gasteiger partial charge in [-0.25, -0.2) is 0 Å². The zero-order valence-electron chi connectivity index (χ0n) is 6.71. The molecule has 3 atom stereocenters. The lowest BCUT2D eigenvalue weighted by atomic mass is 9.88. The van der Waals surface area contributed by atoms with E-state index in [4.69, 9.17) is 9.47 Å². The molecule has 3 rings (SSSR count). The molecule has 11 heavy (non-hydrogen) atoms. The minimum Gasteiger partial charge on any atom is -0.375 e. The van der Waals surface area contributed by atoms with Gasteiger partial charge in [-0.15, -0.1) is 0 Å². The summed E-state index contributed by atoms with van der Waals surface area (Å²) in [5, 5.41) is 0. The fourth-order valence-electron chi connectivity index (χ4n) is 3.12. The summed E-state index contributed by atoms with van der Waals surface area (Å²) >= 11 is 0. The third-order valence-electron chi connectivity index (χ3n) is 3.66. The topological polar surface area (TPSA) is 18.5 Å². The molecule has 1 saturated carbocycles. The van der Waals surface area contributed by atoms with Gasteiger partial charge in [-0.2, -0.15) is 0 Å². The predicted octanol–water partition coefficient (Wildman–Crippen LogP) is 1.34. The van der Waals surface area contributed by atoms with E-state index in [1.807, 2.05) is 0 Å². The highest BCUT2D eigenvalue weighted by Crippen LogP contribution is 2.51. The number of hydrogen-bond donors (Lipinski definition) is 0. The minimum atomic E-state index is 0.194. The highest BCUT2D eigenvalue weighted by molar-refractivity contribution is 5.06. The smallest absolute Gasteiger partial charge is 0.0993 e. The van der Waals surface area contributed by atoms with Crippen molar-refractivity contribution in [3.8, 4) is 0 Å². The maximum atomic E-state index is 5.86. The zero-order valence-corrected chi connectivity index (χ0v) is 6.71. The molecule has 0 bridgehead atoms. The number of ether oxygens (including phenoxy) is 2. The summed E-state index contributed by atoms with van der Waals surface area (Å²) in [6.07, 6.45) is 5.47. The molecule has 1 spiro atoms. The molecule has 2 heterocycles. The fraction of sp³-hybridized carbons (Fsp3) is 1.00. The summed E-state index contributed by atoms with van der Waals surface area (Å²) in [5.41, 5.74) is 0.194. The maximum Gasteiger partial charge on any atom is 0.0993 e. The Balaban J connectivity index is 1.97. The van der Waals surface area contributed by atoms with E-state index in [2.05, 4.69) is 0 Å². The first kappa shape index (κ1) is 6.44. The van der Waals surface area contributed by atoms with E-state index in [1.165, 1.54) is 19.3 Å². The molecule has 2 heteroatoms. The van der Waals surface area contributed by atoms with Crippen molar-refractivity contribution in [3.05, 3.63) is 0 Å². The summed E-state index contributed by atoms with van der Waals surface area (Å²) in [6, 6.07) is 0. The summed E-state index contributed by atoms with van der Waals surface area (Å²) < 4.78 is 11.5. The van der Waals surface area contributed by atoms with Crippen LogP contribution in [0.4, 0.5) is 0 Å². The van der Waals surface area contributed by atoms with Crippen LogP contribution in [0.3, 0.4) is 0 Å². The lowest BCUT2D eigenvalue weighted by molar-refractivity contribution is -0.0501. The first-order valence-electron chi connectivity index (χ1n) is 4.67. The van der Waals surface area contributed by atoms with Crippen LogP contribution in [0.25, 0.3) is 0 Å². The molecule has 1 aliphatic carbocycles. The van der Waals surface area contributed by atoms with Crippen LogP contribution in [0.1, 0.15) is 25.7 Å². The van der Waals surface area contributed by atoms with Crippen LogP contribution in [0.15, 0.2) is 0 Å². The van der Waals surface area contributed by atoms with Crippen LogP contribution in [-0.2, 0) is 9.47 Å². The Morgan fingerprint density at radius 3 is 3.09 bits per heavy atom. The normalized spacial score (nSPS) is 54.5. The summed E-state index contributed by atoms with van der Waals surface area (Å²) in [6.45, 7) is 1.91. The Hall–Kier alpha value is -0.0800. The van der Waals surface area contributed by atoms with Crippen molar-refractivity contribution >= 4 is 0 Å². The van der Waals surface area contributed by atoms with Gasteiger partial charge in [0.15, 0.2) is 0 Å². The molecule has 0 N–H and O–H groups in total. The average molecular weight is 154 g/mol. The van der Waals surface area contributed by atoms with Gasteiger partial charge in [0, 0.05) is 19.6 Å². The molecule has 0 aromatic rings. The molecule has 3 aliphatic rings. The van der Waals surface area contributed by atoms with Crippen molar-refractivity contribution in [1.29, 1.82) is 0 Å². The second-order valence-electron chi connectivity index (χ2n) is 3.98. The molecule has 0 aromatic heterocycles. The lowest BCUT2D eigenvalue weighted by Gasteiger charge is -2.26. The SMILES string of the molecule is C1CC23OCCC2CCC3O1. The highest BCUT2D eigenvalue weighted by Gasteiger charge is 2.57. The van der Waals surface area contributed by atoms with Crippen LogP contribution in [0, 0.1) is 5.92 Å². The van der Waals surface area contributed by atoms with Gasteiger partial charge in [0.1, 0.15) is 0 Å². The van der Waals surface area contributed by atoms with E-state index in [1.54, 1.807) is 0 Å². The average Bonchev–Trinajstić information content (AvgIpc) is 2.55. The minimum absolute atomic E-state index is 0.194. The van der Waals surface area contributed by atoms with Gasteiger partial charge in [-0.1, -0.05) is 0 Å². The lowest BCUT2D eigenvalue weighted by Crippen LogP contribution is -2.37.